The number of halogens is 2. The van der Waals surface area contributed by atoms with Gasteiger partial charge in [0.1, 0.15) is 41.6 Å². The zero-order valence-electron chi connectivity index (χ0n) is 18.6. The maximum absolute atomic E-state index is 15.9. The highest BCUT2D eigenvalue weighted by molar-refractivity contribution is 6.15. The van der Waals surface area contributed by atoms with Gasteiger partial charge >= 0.3 is 0 Å². The number of rotatable bonds is 2. The molecule has 2 aliphatic carbocycles. The van der Waals surface area contributed by atoms with Crippen molar-refractivity contribution in [2.45, 2.75) is 5.92 Å². The summed E-state index contributed by atoms with van der Waals surface area (Å²) in [6.45, 7) is 0. The van der Waals surface area contributed by atoms with Crippen LogP contribution < -0.4 is 0 Å². The molecule has 0 bridgehead atoms. The molecule has 0 radical (unpaired) electrons. The SMILES string of the molecule is N#CC(C#N)=C1C(F)=C(C#N)c2c1c(-c1ccccn1)c1c(c2-c2ccccn2)C(C#N)C(F)=C1C#N. The summed E-state index contributed by atoms with van der Waals surface area (Å²) >= 11 is 0. The Bertz CT molecular complexity index is 1820. The van der Waals surface area contributed by atoms with Gasteiger partial charge in [0.2, 0.25) is 0 Å². The van der Waals surface area contributed by atoms with E-state index >= 15 is 8.78 Å². The second-order valence-corrected chi connectivity index (χ2v) is 7.89. The summed E-state index contributed by atoms with van der Waals surface area (Å²) in [5.74, 6) is -3.67. The molecule has 1 atom stereocenters. The first kappa shape index (κ1) is 22.8. The van der Waals surface area contributed by atoms with E-state index in [9.17, 15) is 26.3 Å². The van der Waals surface area contributed by atoms with Crippen LogP contribution in [0.4, 0.5) is 8.78 Å². The van der Waals surface area contributed by atoms with Crippen LogP contribution in [-0.4, -0.2) is 9.97 Å². The van der Waals surface area contributed by atoms with Gasteiger partial charge < -0.3 is 0 Å². The standard InChI is InChI=1S/C28H9F2N7/c29-27-15(11-33)21-22(16(27)12-34)25(19-6-2-4-8-37-19)26-20(14(9-31)10-32)28(30)17(13-35)23(26)24(21)18-5-1-3-7-36-18/h1-8,15H. The second kappa shape index (κ2) is 8.68. The molecule has 1 aromatic carbocycles. The van der Waals surface area contributed by atoms with E-state index in [1.807, 2.05) is 12.1 Å². The molecule has 170 valence electrons. The fourth-order valence-electron chi connectivity index (χ4n) is 4.80. The lowest BCUT2D eigenvalue weighted by Gasteiger charge is -2.21. The number of pyridine rings is 2. The van der Waals surface area contributed by atoms with Gasteiger partial charge in [-0.05, 0) is 29.8 Å². The lowest BCUT2D eigenvalue weighted by Crippen LogP contribution is -2.07. The molecule has 7 nitrogen and oxygen atoms in total. The van der Waals surface area contributed by atoms with E-state index < -0.39 is 39.9 Å². The Hall–Kier alpha value is -5.95. The first-order chi connectivity index (χ1) is 18.0. The monoisotopic (exact) mass is 481 g/mol. The summed E-state index contributed by atoms with van der Waals surface area (Å²) in [5.41, 5.74) is -1.69. The van der Waals surface area contributed by atoms with Crippen molar-refractivity contribution >= 4 is 16.7 Å². The highest BCUT2D eigenvalue weighted by Crippen LogP contribution is 2.59. The molecule has 1 unspecified atom stereocenters. The van der Waals surface area contributed by atoms with Crippen LogP contribution in [0.15, 0.2) is 66.0 Å². The highest BCUT2D eigenvalue weighted by Gasteiger charge is 2.45. The Labute approximate surface area is 209 Å². The molecule has 3 aromatic rings. The number of nitriles is 5. The fraction of sp³-hybridized carbons (Fsp3) is 0.0357. The average molecular weight is 481 g/mol. The third kappa shape index (κ3) is 3.05. The molecule has 37 heavy (non-hydrogen) atoms. The second-order valence-electron chi connectivity index (χ2n) is 7.89. The normalized spacial score (nSPS) is 15.2. The number of fused-ring (bicyclic) bond motifs is 2. The summed E-state index contributed by atoms with van der Waals surface area (Å²) in [5, 5.41) is 49.2. The molecule has 9 heteroatoms. The van der Waals surface area contributed by atoms with E-state index in [0.717, 1.165) is 0 Å². The minimum atomic E-state index is -1.54. The number of hydrogen-bond acceptors (Lipinski definition) is 7. The molecule has 5 rings (SSSR count). The van der Waals surface area contributed by atoms with Crippen LogP contribution >= 0.6 is 0 Å². The van der Waals surface area contributed by atoms with Crippen molar-refractivity contribution in [1.82, 2.24) is 9.97 Å². The number of allylic oxidation sites excluding steroid dienone is 6. The van der Waals surface area contributed by atoms with Crippen LogP contribution in [0.1, 0.15) is 28.2 Å². The van der Waals surface area contributed by atoms with Crippen molar-refractivity contribution in [3.8, 4) is 52.9 Å². The first-order valence-electron chi connectivity index (χ1n) is 10.7. The van der Waals surface area contributed by atoms with Crippen LogP contribution in [0.25, 0.3) is 39.2 Å². The van der Waals surface area contributed by atoms with Crippen molar-refractivity contribution in [3.63, 3.8) is 0 Å². The van der Waals surface area contributed by atoms with Gasteiger partial charge in [0.25, 0.3) is 0 Å². The van der Waals surface area contributed by atoms with E-state index in [0.29, 0.717) is 0 Å². The summed E-state index contributed by atoms with van der Waals surface area (Å²) < 4.78 is 31.5. The number of aromatic nitrogens is 2. The molecule has 0 saturated heterocycles. The van der Waals surface area contributed by atoms with Crippen molar-refractivity contribution in [3.05, 3.63) is 88.3 Å². The smallest absolute Gasteiger partial charge is 0.151 e. The summed E-state index contributed by atoms with van der Waals surface area (Å²) in [6, 6.07) is 18.3. The quantitative estimate of drug-likeness (QED) is 0.430. The van der Waals surface area contributed by atoms with Gasteiger partial charge in [-0.25, -0.2) is 8.78 Å². The lowest BCUT2D eigenvalue weighted by atomic mass is 9.80. The zero-order chi connectivity index (χ0) is 26.3. The highest BCUT2D eigenvalue weighted by atomic mass is 19.1. The Morgan fingerprint density at radius 3 is 1.78 bits per heavy atom. The van der Waals surface area contributed by atoms with E-state index in [1.54, 1.807) is 42.5 Å². The molecule has 0 spiro atoms. The van der Waals surface area contributed by atoms with E-state index in [4.69, 9.17) is 0 Å². The molecule has 2 heterocycles. The maximum Gasteiger partial charge on any atom is 0.151 e. The summed E-state index contributed by atoms with van der Waals surface area (Å²) in [6.07, 6.45) is 2.85. The van der Waals surface area contributed by atoms with Crippen LogP contribution in [0.5, 0.6) is 0 Å². The third-order valence-corrected chi connectivity index (χ3v) is 6.18. The van der Waals surface area contributed by atoms with Gasteiger partial charge in [-0.3, -0.25) is 9.97 Å². The van der Waals surface area contributed by atoms with Gasteiger partial charge in [-0.1, -0.05) is 12.1 Å². The zero-order valence-corrected chi connectivity index (χ0v) is 18.6. The number of nitrogens with zero attached hydrogens (tertiary/aromatic N) is 7. The lowest BCUT2D eigenvalue weighted by molar-refractivity contribution is 0.602. The number of hydrogen-bond donors (Lipinski definition) is 0. The topological polar surface area (TPSA) is 145 Å². The molecular weight excluding hydrogens is 472 g/mol. The van der Waals surface area contributed by atoms with Crippen molar-refractivity contribution in [2.75, 3.05) is 0 Å². The molecule has 0 amide bonds. The van der Waals surface area contributed by atoms with Crippen LogP contribution in [-0.2, 0) is 0 Å². The third-order valence-electron chi connectivity index (χ3n) is 6.18. The Kier molecular flexibility index (Phi) is 5.35. The average Bonchev–Trinajstić information content (AvgIpc) is 3.38. The Morgan fingerprint density at radius 2 is 1.30 bits per heavy atom. The predicted octanol–water partition coefficient (Wildman–Crippen LogP) is 5.65. The van der Waals surface area contributed by atoms with Crippen LogP contribution in [0.2, 0.25) is 0 Å². The summed E-state index contributed by atoms with van der Waals surface area (Å²) in [4.78, 5) is 8.61. The van der Waals surface area contributed by atoms with Gasteiger partial charge in [0.05, 0.1) is 28.6 Å². The van der Waals surface area contributed by atoms with Crippen molar-refractivity contribution in [2.24, 2.45) is 0 Å². The maximum atomic E-state index is 15.9. The fourth-order valence-corrected chi connectivity index (χ4v) is 4.80. The van der Waals surface area contributed by atoms with Gasteiger partial charge in [-0.15, -0.1) is 0 Å². The van der Waals surface area contributed by atoms with Crippen LogP contribution in [0.3, 0.4) is 0 Å². The largest absolute Gasteiger partial charge is 0.256 e. The number of benzene rings is 1. The predicted molar refractivity (Wildman–Crippen MR) is 127 cm³/mol. The molecule has 0 fully saturated rings. The molecule has 2 aliphatic rings. The van der Waals surface area contributed by atoms with Crippen molar-refractivity contribution in [1.29, 1.82) is 26.3 Å². The van der Waals surface area contributed by atoms with E-state index in [1.165, 1.54) is 24.5 Å². The Morgan fingerprint density at radius 1 is 0.703 bits per heavy atom. The molecular formula is C28H9F2N7. The van der Waals surface area contributed by atoms with Crippen molar-refractivity contribution < 1.29 is 8.78 Å². The molecule has 0 saturated carbocycles. The van der Waals surface area contributed by atoms with E-state index in [2.05, 4.69) is 9.97 Å². The first-order valence-corrected chi connectivity index (χ1v) is 10.7. The minimum Gasteiger partial charge on any atom is -0.256 e. The van der Waals surface area contributed by atoms with Gasteiger partial charge in [0.15, 0.2) is 5.83 Å². The molecule has 0 aliphatic heterocycles. The van der Waals surface area contributed by atoms with Gasteiger partial charge in [-0.2, -0.15) is 26.3 Å². The molecule has 0 N–H and O–H groups in total. The Balaban J connectivity index is 2.17. The van der Waals surface area contributed by atoms with Crippen LogP contribution in [0, 0.1) is 56.7 Å². The van der Waals surface area contributed by atoms with E-state index in [-0.39, 0.29) is 44.8 Å². The molecule has 2 aromatic heterocycles. The van der Waals surface area contributed by atoms with Gasteiger partial charge in [0, 0.05) is 45.8 Å². The minimum absolute atomic E-state index is 0.0237. The summed E-state index contributed by atoms with van der Waals surface area (Å²) in [7, 11) is 0.